The normalized spacial score (nSPS) is 21.2. The van der Waals surface area contributed by atoms with Crippen LogP contribution in [0.25, 0.3) is 0 Å². The number of aliphatic hydroxyl groups is 1. The summed E-state index contributed by atoms with van der Waals surface area (Å²) in [6, 6.07) is 4.57. The number of hydrogen-bond acceptors (Lipinski definition) is 2. The van der Waals surface area contributed by atoms with Crippen LogP contribution in [0.15, 0.2) is 22.7 Å². The van der Waals surface area contributed by atoms with Gasteiger partial charge < -0.3 is 9.84 Å². The fourth-order valence-electron chi connectivity index (χ4n) is 2.29. The molecule has 1 aliphatic rings. The average Bonchev–Trinajstić information content (AvgIpc) is 2.83. The standard InChI is InChI=1S/C14H18BrFO2/c15-14-9-11(16)4-3-10(14)8-12(17)5-6-13-2-1-7-18-13/h3-4,9,12-13,17H,1-2,5-8H2. The molecule has 1 heterocycles. The minimum absolute atomic E-state index is 0.264. The highest BCUT2D eigenvalue weighted by Crippen LogP contribution is 2.22. The Morgan fingerprint density at radius 2 is 2.33 bits per heavy atom. The van der Waals surface area contributed by atoms with Crippen LogP contribution in [0.3, 0.4) is 0 Å². The highest BCUT2D eigenvalue weighted by Gasteiger charge is 2.17. The van der Waals surface area contributed by atoms with Gasteiger partial charge in [-0.1, -0.05) is 22.0 Å². The van der Waals surface area contributed by atoms with Crippen molar-refractivity contribution in [2.75, 3.05) is 6.61 Å². The number of halogens is 2. The van der Waals surface area contributed by atoms with Crippen molar-refractivity contribution < 1.29 is 14.2 Å². The molecule has 0 aromatic heterocycles. The van der Waals surface area contributed by atoms with Crippen molar-refractivity contribution in [2.45, 2.75) is 44.3 Å². The maximum atomic E-state index is 12.9. The molecule has 2 nitrogen and oxygen atoms in total. The Labute approximate surface area is 115 Å². The van der Waals surface area contributed by atoms with Crippen molar-refractivity contribution in [3.8, 4) is 0 Å². The quantitative estimate of drug-likeness (QED) is 0.901. The Morgan fingerprint density at radius 3 is 3.00 bits per heavy atom. The molecule has 2 unspecified atom stereocenters. The monoisotopic (exact) mass is 316 g/mol. The number of ether oxygens (including phenoxy) is 1. The van der Waals surface area contributed by atoms with E-state index in [4.69, 9.17) is 4.74 Å². The van der Waals surface area contributed by atoms with Gasteiger partial charge in [-0.3, -0.25) is 0 Å². The van der Waals surface area contributed by atoms with Crippen LogP contribution < -0.4 is 0 Å². The molecule has 1 saturated heterocycles. The summed E-state index contributed by atoms with van der Waals surface area (Å²) in [6.07, 6.45) is 4.34. The lowest BCUT2D eigenvalue weighted by molar-refractivity contribution is 0.0812. The fourth-order valence-corrected chi connectivity index (χ4v) is 2.81. The molecule has 2 rings (SSSR count). The van der Waals surface area contributed by atoms with E-state index in [1.54, 1.807) is 6.07 Å². The summed E-state index contributed by atoms with van der Waals surface area (Å²) in [4.78, 5) is 0. The molecule has 0 amide bonds. The summed E-state index contributed by atoms with van der Waals surface area (Å²) in [5.74, 6) is -0.264. The van der Waals surface area contributed by atoms with Crippen LogP contribution in [-0.2, 0) is 11.2 Å². The van der Waals surface area contributed by atoms with Gasteiger partial charge in [-0.05, 0) is 49.8 Å². The Hall–Kier alpha value is -0.450. The molecule has 0 saturated carbocycles. The lowest BCUT2D eigenvalue weighted by Gasteiger charge is -2.14. The zero-order valence-corrected chi connectivity index (χ0v) is 11.8. The maximum absolute atomic E-state index is 12.9. The molecule has 1 aromatic carbocycles. The molecule has 2 atom stereocenters. The molecule has 1 aromatic rings. The van der Waals surface area contributed by atoms with Crippen LogP contribution in [0.4, 0.5) is 4.39 Å². The molecular formula is C14H18BrFO2. The van der Waals surface area contributed by atoms with Crippen LogP contribution in [0.5, 0.6) is 0 Å². The molecule has 0 bridgehead atoms. The Morgan fingerprint density at radius 1 is 1.50 bits per heavy atom. The largest absolute Gasteiger partial charge is 0.393 e. The first-order chi connectivity index (χ1) is 8.65. The van der Waals surface area contributed by atoms with Crippen molar-refractivity contribution in [3.63, 3.8) is 0 Å². The Kier molecular flexibility index (Phi) is 5.15. The number of hydrogen-bond donors (Lipinski definition) is 1. The highest BCUT2D eigenvalue weighted by molar-refractivity contribution is 9.10. The fraction of sp³-hybridized carbons (Fsp3) is 0.571. The second kappa shape index (κ2) is 6.64. The first-order valence-corrected chi connectivity index (χ1v) is 7.18. The predicted octanol–water partition coefficient (Wildman–Crippen LogP) is 3.45. The van der Waals surface area contributed by atoms with Gasteiger partial charge in [0.25, 0.3) is 0 Å². The molecule has 0 radical (unpaired) electrons. The van der Waals surface area contributed by atoms with Crippen LogP contribution >= 0.6 is 15.9 Å². The topological polar surface area (TPSA) is 29.5 Å². The van der Waals surface area contributed by atoms with Gasteiger partial charge in [0.2, 0.25) is 0 Å². The molecular weight excluding hydrogens is 299 g/mol. The van der Waals surface area contributed by atoms with Crippen LogP contribution in [-0.4, -0.2) is 23.9 Å². The van der Waals surface area contributed by atoms with E-state index < -0.39 is 6.10 Å². The van der Waals surface area contributed by atoms with Crippen LogP contribution in [0.2, 0.25) is 0 Å². The first kappa shape index (κ1) is 14.0. The van der Waals surface area contributed by atoms with Gasteiger partial charge >= 0.3 is 0 Å². The van der Waals surface area contributed by atoms with E-state index in [0.29, 0.717) is 12.5 Å². The molecule has 0 spiro atoms. The number of rotatable bonds is 5. The van der Waals surface area contributed by atoms with Crippen molar-refractivity contribution in [1.82, 2.24) is 0 Å². The lowest BCUT2D eigenvalue weighted by atomic mass is 10.0. The minimum Gasteiger partial charge on any atom is -0.393 e. The SMILES string of the molecule is OC(CCC1CCCO1)Cc1ccc(F)cc1Br. The van der Waals surface area contributed by atoms with Gasteiger partial charge in [0.05, 0.1) is 12.2 Å². The molecule has 1 N–H and O–H groups in total. The van der Waals surface area contributed by atoms with Gasteiger partial charge in [-0.25, -0.2) is 4.39 Å². The number of benzene rings is 1. The van der Waals surface area contributed by atoms with E-state index >= 15 is 0 Å². The van der Waals surface area contributed by atoms with Crippen LogP contribution in [0.1, 0.15) is 31.2 Å². The van der Waals surface area contributed by atoms with Crippen molar-refractivity contribution in [3.05, 3.63) is 34.1 Å². The van der Waals surface area contributed by atoms with Crippen molar-refractivity contribution in [1.29, 1.82) is 0 Å². The second-order valence-corrected chi connectivity index (χ2v) is 5.66. The van der Waals surface area contributed by atoms with Crippen molar-refractivity contribution >= 4 is 15.9 Å². The summed E-state index contributed by atoms with van der Waals surface area (Å²) in [5, 5.41) is 9.99. The lowest BCUT2D eigenvalue weighted by Crippen LogP contribution is -2.15. The zero-order valence-electron chi connectivity index (χ0n) is 10.2. The summed E-state index contributed by atoms with van der Waals surface area (Å²) < 4.78 is 19.2. The minimum atomic E-state index is -0.393. The molecule has 0 aliphatic carbocycles. The molecule has 18 heavy (non-hydrogen) atoms. The highest BCUT2D eigenvalue weighted by atomic mass is 79.9. The summed E-state index contributed by atoms with van der Waals surface area (Å²) >= 11 is 3.32. The molecule has 1 aliphatic heterocycles. The second-order valence-electron chi connectivity index (χ2n) is 4.81. The maximum Gasteiger partial charge on any atom is 0.124 e. The third kappa shape index (κ3) is 4.04. The third-order valence-electron chi connectivity index (χ3n) is 3.32. The smallest absolute Gasteiger partial charge is 0.124 e. The Bertz CT molecular complexity index is 391. The van der Waals surface area contributed by atoms with E-state index in [-0.39, 0.29) is 5.82 Å². The van der Waals surface area contributed by atoms with Crippen LogP contribution in [0, 0.1) is 5.82 Å². The summed E-state index contributed by atoms with van der Waals surface area (Å²) in [7, 11) is 0. The van der Waals surface area contributed by atoms with Gasteiger partial charge in [0.15, 0.2) is 0 Å². The van der Waals surface area contributed by atoms with Gasteiger partial charge in [-0.15, -0.1) is 0 Å². The summed E-state index contributed by atoms with van der Waals surface area (Å²) in [6.45, 7) is 0.851. The third-order valence-corrected chi connectivity index (χ3v) is 4.05. The zero-order chi connectivity index (χ0) is 13.0. The average molecular weight is 317 g/mol. The van der Waals surface area contributed by atoms with E-state index in [1.165, 1.54) is 12.1 Å². The molecule has 1 fully saturated rings. The molecule has 100 valence electrons. The van der Waals surface area contributed by atoms with Gasteiger partial charge in [0.1, 0.15) is 5.82 Å². The van der Waals surface area contributed by atoms with E-state index in [2.05, 4.69) is 15.9 Å². The predicted molar refractivity (Wildman–Crippen MR) is 72.0 cm³/mol. The summed E-state index contributed by atoms with van der Waals surface area (Å²) in [5.41, 5.74) is 0.941. The first-order valence-electron chi connectivity index (χ1n) is 6.39. The van der Waals surface area contributed by atoms with Gasteiger partial charge in [-0.2, -0.15) is 0 Å². The Balaban J connectivity index is 1.80. The number of aliphatic hydroxyl groups excluding tert-OH is 1. The van der Waals surface area contributed by atoms with E-state index in [1.807, 2.05) is 0 Å². The van der Waals surface area contributed by atoms with E-state index in [0.717, 1.165) is 42.3 Å². The van der Waals surface area contributed by atoms with E-state index in [9.17, 15) is 9.50 Å². The molecule has 4 heteroatoms. The van der Waals surface area contributed by atoms with Crippen molar-refractivity contribution in [2.24, 2.45) is 0 Å². The van der Waals surface area contributed by atoms with Gasteiger partial charge in [0, 0.05) is 11.1 Å².